The predicted molar refractivity (Wildman–Crippen MR) is 98.8 cm³/mol. The number of carbonyl (C=O) groups is 2. The van der Waals surface area contributed by atoms with Crippen LogP contribution in [0.15, 0.2) is 48.5 Å². The third kappa shape index (κ3) is 4.01. The zero-order valence-corrected chi connectivity index (χ0v) is 14.6. The monoisotopic (exact) mass is 348 g/mol. The number of nitrogens with zero attached hydrogens (tertiary/aromatic N) is 3. The summed E-state index contributed by atoms with van der Waals surface area (Å²) in [5.74, 6) is -0.110. The zero-order valence-electron chi connectivity index (χ0n) is 14.6. The molecule has 0 atom stereocenters. The van der Waals surface area contributed by atoms with Gasteiger partial charge in [-0.05, 0) is 42.8 Å². The number of nitriles is 1. The van der Waals surface area contributed by atoms with Crippen LogP contribution in [0.3, 0.4) is 0 Å². The van der Waals surface area contributed by atoms with Crippen LogP contribution >= 0.6 is 0 Å². The standard InChI is InChI=1S/C20H20N4O2/c1-15-4-2-7-18(12-15)22-20(26)24-10-8-23(9-11-24)19(25)17-6-3-5-16(13-17)14-21/h2-7,12-13H,8-11H2,1H3,(H,22,26). The molecule has 3 amide bonds. The molecule has 0 spiro atoms. The Morgan fingerprint density at radius 2 is 1.69 bits per heavy atom. The molecule has 0 saturated carbocycles. The molecule has 1 N–H and O–H groups in total. The minimum absolute atomic E-state index is 0.110. The number of hydrogen-bond acceptors (Lipinski definition) is 3. The summed E-state index contributed by atoms with van der Waals surface area (Å²) in [6.45, 7) is 3.86. The number of urea groups is 1. The van der Waals surface area contributed by atoms with E-state index in [1.807, 2.05) is 37.3 Å². The zero-order chi connectivity index (χ0) is 18.5. The lowest BCUT2D eigenvalue weighted by molar-refractivity contribution is 0.0671. The first-order valence-corrected chi connectivity index (χ1v) is 8.49. The molecule has 132 valence electrons. The lowest BCUT2D eigenvalue weighted by Crippen LogP contribution is -2.51. The van der Waals surface area contributed by atoms with Crippen molar-refractivity contribution in [3.8, 4) is 6.07 Å². The summed E-state index contributed by atoms with van der Waals surface area (Å²) >= 11 is 0. The largest absolute Gasteiger partial charge is 0.335 e. The third-order valence-electron chi connectivity index (χ3n) is 4.36. The summed E-state index contributed by atoms with van der Waals surface area (Å²) in [4.78, 5) is 28.4. The van der Waals surface area contributed by atoms with Crippen molar-refractivity contribution in [3.63, 3.8) is 0 Å². The van der Waals surface area contributed by atoms with Gasteiger partial charge in [-0.2, -0.15) is 5.26 Å². The van der Waals surface area contributed by atoms with Crippen LogP contribution in [0, 0.1) is 18.3 Å². The summed E-state index contributed by atoms with van der Waals surface area (Å²) in [5.41, 5.74) is 2.81. The average molecular weight is 348 g/mol. The molecule has 1 saturated heterocycles. The summed E-state index contributed by atoms with van der Waals surface area (Å²) in [6, 6.07) is 16.2. The molecule has 1 fully saturated rings. The van der Waals surface area contributed by atoms with Gasteiger partial charge in [0, 0.05) is 37.4 Å². The van der Waals surface area contributed by atoms with Crippen LogP contribution in [-0.2, 0) is 0 Å². The van der Waals surface area contributed by atoms with E-state index in [-0.39, 0.29) is 11.9 Å². The van der Waals surface area contributed by atoms with E-state index < -0.39 is 0 Å². The fraction of sp³-hybridized carbons (Fsp3) is 0.250. The fourth-order valence-electron chi connectivity index (χ4n) is 2.94. The highest BCUT2D eigenvalue weighted by molar-refractivity contribution is 5.95. The van der Waals surface area contributed by atoms with E-state index in [1.165, 1.54) is 0 Å². The van der Waals surface area contributed by atoms with E-state index in [4.69, 9.17) is 5.26 Å². The van der Waals surface area contributed by atoms with Crippen molar-refractivity contribution in [2.45, 2.75) is 6.92 Å². The maximum atomic E-state index is 12.6. The minimum atomic E-state index is -0.158. The van der Waals surface area contributed by atoms with Gasteiger partial charge in [-0.1, -0.05) is 18.2 Å². The number of piperazine rings is 1. The summed E-state index contributed by atoms with van der Waals surface area (Å²) in [5, 5.41) is 11.9. The second kappa shape index (κ2) is 7.70. The summed E-state index contributed by atoms with van der Waals surface area (Å²) < 4.78 is 0. The minimum Gasteiger partial charge on any atom is -0.335 e. The Kier molecular flexibility index (Phi) is 5.18. The lowest BCUT2D eigenvalue weighted by Gasteiger charge is -2.34. The van der Waals surface area contributed by atoms with Crippen LogP contribution in [-0.4, -0.2) is 47.9 Å². The highest BCUT2D eigenvalue weighted by Crippen LogP contribution is 2.13. The Morgan fingerprint density at radius 3 is 2.38 bits per heavy atom. The molecule has 26 heavy (non-hydrogen) atoms. The number of nitrogens with one attached hydrogen (secondary N) is 1. The smallest absolute Gasteiger partial charge is 0.321 e. The second-order valence-corrected chi connectivity index (χ2v) is 6.27. The van der Waals surface area contributed by atoms with Crippen LogP contribution in [0.5, 0.6) is 0 Å². The molecule has 6 nitrogen and oxygen atoms in total. The number of anilines is 1. The summed E-state index contributed by atoms with van der Waals surface area (Å²) in [7, 11) is 0. The van der Waals surface area contributed by atoms with Gasteiger partial charge in [0.1, 0.15) is 0 Å². The fourth-order valence-corrected chi connectivity index (χ4v) is 2.94. The molecule has 0 aliphatic carbocycles. The number of benzene rings is 2. The number of hydrogen-bond donors (Lipinski definition) is 1. The van der Waals surface area contributed by atoms with Gasteiger partial charge >= 0.3 is 6.03 Å². The third-order valence-corrected chi connectivity index (χ3v) is 4.36. The van der Waals surface area contributed by atoms with E-state index in [0.717, 1.165) is 11.3 Å². The van der Waals surface area contributed by atoms with Crippen molar-refractivity contribution in [2.24, 2.45) is 0 Å². The van der Waals surface area contributed by atoms with Crippen LogP contribution in [0.4, 0.5) is 10.5 Å². The molecule has 1 heterocycles. The van der Waals surface area contributed by atoms with Gasteiger partial charge in [-0.25, -0.2) is 4.79 Å². The molecule has 2 aromatic carbocycles. The van der Waals surface area contributed by atoms with Crippen molar-refractivity contribution in [1.29, 1.82) is 5.26 Å². The Labute approximate surface area is 152 Å². The normalized spacial score (nSPS) is 13.8. The van der Waals surface area contributed by atoms with Gasteiger partial charge in [0.05, 0.1) is 11.6 Å². The average Bonchev–Trinajstić information content (AvgIpc) is 2.67. The van der Waals surface area contributed by atoms with Crippen molar-refractivity contribution in [3.05, 3.63) is 65.2 Å². The van der Waals surface area contributed by atoms with Crippen molar-refractivity contribution in [1.82, 2.24) is 9.80 Å². The molecule has 6 heteroatoms. The van der Waals surface area contributed by atoms with Crippen molar-refractivity contribution >= 4 is 17.6 Å². The Hall–Kier alpha value is -3.33. The van der Waals surface area contributed by atoms with Crippen LogP contribution in [0.1, 0.15) is 21.5 Å². The van der Waals surface area contributed by atoms with E-state index in [1.54, 1.807) is 34.1 Å². The van der Waals surface area contributed by atoms with Gasteiger partial charge in [0.15, 0.2) is 0 Å². The van der Waals surface area contributed by atoms with Gasteiger partial charge in [0.25, 0.3) is 5.91 Å². The van der Waals surface area contributed by atoms with Crippen molar-refractivity contribution in [2.75, 3.05) is 31.5 Å². The molecule has 0 aromatic heterocycles. The maximum absolute atomic E-state index is 12.6. The van der Waals surface area contributed by atoms with Gasteiger partial charge in [-0.3, -0.25) is 4.79 Å². The Bertz CT molecular complexity index is 864. The van der Waals surface area contributed by atoms with Gasteiger partial charge in [0.2, 0.25) is 0 Å². The predicted octanol–water partition coefficient (Wildman–Crippen LogP) is 2.86. The van der Waals surface area contributed by atoms with Gasteiger partial charge in [-0.15, -0.1) is 0 Å². The Morgan fingerprint density at radius 1 is 1.00 bits per heavy atom. The Balaban J connectivity index is 1.57. The summed E-state index contributed by atoms with van der Waals surface area (Å²) in [6.07, 6.45) is 0. The lowest BCUT2D eigenvalue weighted by atomic mass is 10.1. The molecular formula is C20H20N4O2. The maximum Gasteiger partial charge on any atom is 0.321 e. The number of carbonyl (C=O) groups excluding carboxylic acids is 2. The molecule has 1 aliphatic rings. The number of amides is 3. The van der Waals surface area contributed by atoms with E-state index in [2.05, 4.69) is 5.32 Å². The molecule has 0 unspecified atom stereocenters. The van der Waals surface area contributed by atoms with Gasteiger partial charge < -0.3 is 15.1 Å². The second-order valence-electron chi connectivity index (χ2n) is 6.27. The molecule has 0 bridgehead atoms. The van der Waals surface area contributed by atoms with Crippen LogP contribution < -0.4 is 5.32 Å². The molecular weight excluding hydrogens is 328 g/mol. The van der Waals surface area contributed by atoms with Crippen LogP contribution in [0.2, 0.25) is 0 Å². The SMILES string of the molecule is Cc1cccc(NC(=O)N2CCN(C(=O)c3cccc(C#N)c3)CC2)c1. The molecule has 2 aromatic rings. The quantitative estimate of drug-likeness (QED) is 0.907. The first-order valence-electron chi connectivity index (χ1n) is 8.49. The van der Waals surface area contributed by atoms with E-state index in [0.29, 0.717) is 37.3 Å². The van der Waals surface area contributed by atoms with E-state index in [9.17, 15) is 9.59 Å². The molecule has 0 radical (unpaired) electrons. The number of aryl methyl sites for hydroxylation is 1. The van der Waals surface area contributed by atoms with Crippen molar-refractivity contribution < 1.29 is 9.59 Å². The van der Waals surface area contributed by atoms with E-state index >= 15 is 0 Å². The first-order chi connectivity index (χ1) is 12.6. The van der Waals surface area contributed by atoms with Crippen LogP contribution in [0.25, 0.3) is 0 Å². The number of rotatable bonds is 2. The molecule has 1 aliphatic heterocycles. The molecule has 3 rings (SSSR count). The highest BCUT2D eigenvalue weighted by Gasteiger charge is 2.25. The topological polar surface area (TPSA) is 76.4 Å². The first kappa shape index (κ1) is 17.5. The highest BCUT2D eigenvalue weighted by atomic mass is 16.2.